The topological polar surface area (TPSA) is 57.5 Å². The summed E-state index contributed by atoms with van der Waals surface area (Å²) >= 11 is 5.85. The number of aldehydes is 1. The number of allylic oxidation sites excluding steroid dienone is 1. The fraction of sp³-hybridized carbons (Fsp3) is 0.526. The summed E-state index contributed by atoms with van der Waals surface area (Å²) in [4.78, 5) is 10.9. The van der Waals surface area contributed by atoms with Crippen molar-refractivity contribution in [2.75, 3.05) is 0 Å². The van der Waals surface area contributed by atoms with Crippen LogP contribution in [0.25, 0.3) is 6.08 Å². The zero-order valence-electron chi connectivity index (χ0n) is 13.9. The van der Waals surface area contributed by atoms with Crippen molar-refractivity contribution in [3.63, 3.8) is 0 Å². The van der Waals surface area contributed by atoms with Crippen LogP contribution < -0.4 is 0 Å². The van der Waals surface area contributed by atoms with Crippen LogP contribution >= 0.6 is 11.6 Å². The molecule has 3 nitrogen and oxygen atoms in total. The molecule has 0 atom stereocenters. The summed E-state index contributed by atoms with van der Waals surface area (Å²) in [6.45, 7) is 2.22. The molecule has 0 unspecified atom stereocenters. The first kappa shape index (κ1) is 19.6. The number of carbonyl (C=O) groups is 1. The number of phenolic OH excluding ortho intramolecular Hbond substituents is 2. The first-order chi connectivity index (χ1) is 11.1. The summed E-state index contributed by atoms with van der Waals surface area (Å²) in [6.07, 6.45) is 15.0. The number of phenols is 2. The molecule has 4 heteroatoms. The largest absolute Gasteiger partial charge is 0.506 e. The van der Waals surface area contributed by atoms with Gasteiger partial charge in [0, 0.05) is 0 Å². The van der Waals surface area contributed by atoms with Crippen LogP contribution in [0.5, 0.6) is 11.5 Å². The number of halogens is 1. The maximum atomic E-state index is 10.9. The van der Waals surface area contributed by atoms with Gasteiger partial charge in [0.2, 0.25) is 0 Å². The lowest BCUT2D eigenvalue weighted by atomic mass is 10.1. The Kier molecular flexibility index (Phi) is 9.46. The van der Waals surface area contributed by atoms with Crippen molar-refractivity contribution in [2.24, 2.45) is 0 Å². The average molecular weight is 339 g/mol. The summed E-state index contributed by atoms with van der Waals surface area (Å²) in [5.74, 6) is -0.420. The predicted molar refractivity (Wildman–Crippen MR) is 96.4 cm³/mol. The highest BCUT2D eigenvalue weighted by molar-refractivity contribution is 6.32. The molecule has 0 spiro atoms. The van der Waals surface area contributed by atoms with E-state index in [1.807, 2.05) is 6.08 Å². The van der Waals surface area contributed by atoms with E-state index >= 15 is 0 Å². The van der Waals surface area contributed by atoms with Gasteiger partial charge in [-0.05, 0) is 18.9 Å². The van der Waals surface area contributed by atoms with Crippen LogP contribution in [-0.2, 0) is 0 Å². The number of unbranched alkanes of at least 4 members (excludes halogenated alkanes) is 8. The molecule has 1 aromatic carbocycles. The Labute approximate surface area is 144 Å². The lowest BCUT2D eigenvalue weighted by molar-refractivity contribution is 0.112. The molecule has 128 valence electrons. The van der Waals surface area contributed by atoms with E-state index in [9.17, 15) is 15.0 Å². The molecular formula is C19H27ClO3. The van der Waals surface area contributed by atoms with E-state index in [4.69, 9.17) is 11.6 Å². The van der Waals surface area contributed by atoms with E-state index in [1.54, 1.807) is 6.08 Å². The third kappa shape index (κ3) is 6.66. The Bertz CT molecular complexity index is 524. The van der Waals surface area contributed by atoms with Crippen LogP contribution in [0.4, 0.5) is 0 Å². The highest BCUT2D eigenvalue weighted by Crippen LogP contribution is 2.37. The monoisotopic (exact) mass is 338 g/mol. The molecule has 2 N–H and O–H groups in total. The van der Waals surface area contributed by atoms with Crippen LogP contribution in [0.15, 0.2) is 12.1 Å². The molecule has 0 aliphatic rings. The average Bonchev–Trinajstić information content (AvgIpc) is 2.55. The molecule has 0 aromatic heterocycles. The second-order valence-electron chi connectivity index (χ2n) is 5.84. The number of hydrogen-bond acceptors (Lipinski definition) is 3. The molecule has 0 saturated carbocycles. The molecule has 0 aliphatic carbocycles. The fourth-order valence-corrected chi connectivity index (χ4v) is 2.73. The fourth-order valence-electron chi connectivity index (χ4n) is 2.51. The van der Waals surface area contributed by atoms with Crippen molar-refractivity contribution in [3.05, 3.63) is 28.3 Å². The second kappa shape index (κ2) is 11.1. The van der Waals surface area contributed by atoms with Gasteiger partial charge < -0.3 is 10.2 Å². The highest BCUT2D eigenvalue weighted by atomic mass is 35.5. The van der Waals surface area contributed by atoms with Gasteiger partial charge in [-0.1, -0.05) is 75.6 Å². The molecule has 0 heterocycles. The smallest absolute Gasteiger partial charge is 0.153 e. The van der Waals surface area contributed by atoms with Gasteiger partial charge in [-0.25, -0.2) is 0 Å². The number of rotatable bonds is 11. The van der Waals surface area contributed by atoms with Gasteiger partial charge >= 0.3 is 0 Å². The van der Waals surface area contributed by atoms with Crippen LogP contribution in [-0.4, -0.2) is 16.5 Å². The predicted octanol–water partition coefficient (Wildman–Crippen LogP) is 6.11. The molecule has 0 amide bonds. The summed E-state index contributed by atoms with van der Waals surface area (Å²) in [5, 5.41) is 19.9. The van der Waals surface area contributed by atoms with Gasteiger partial charge in [-0.3, -0.25) is 4.79 Å². The third-order valence-corrected chi connectivity index (χ3v) is 4.22. The Morgan fingerprint density at radius 2 is 1.61 bits per heavy atom. The molecule has 0 bridgehead atoms. The van der Waals surface area contributed by atoms with Gasteiger partial charge in [0.05, 0.1) is 16.1 Å². The van der Waals surface area contributed by atoms with Crippen LogP contribution in [0.2, 0.25) is 5.02 Å². The maximum absolute atomic E-state index is 10.9. The Morgan fingerprint density at radius 1 is 1.00 bits per heavy atom. The lowest BCUT2D eigenvalue weighted by Gasteiger charge is -2.07. The SMILES string of the molecule is CCCCCCCCCCC=Cc1c(O)c(Cl)cc(C=O)c1O. The molecule has 0 radical (unpaired) electrons. The lowest BCUT2D eigenvalue weighted by Crippen LogP contribution is -1.87. The van der Waals surface area contributed by atoms with Crippen molar-refractivity contribution in [3.8, 4) is 11.5 Å². The van der Waals surface area contributed by atoms with Crippen LogP contribution in [0.3, 0.4) is 0 Å². The van der Waals surface area contributed by atoms with Crippen LogP contribution in [0, 0.1) is 0 Å². The minimum absolute atomic E-state index is 0.0663. The second-order valence-corrected chi connectivity index (χ2v) is 6.25. The van der Waals surface area contributed by atoms with E-state index < -0.39 is 0 Å². The molecule has 1 rings (SSSR count). The summed E-state index contributed by atoms with van der Waals surface area (Å²) < 4.78 is 0. The zero-order valence-corrected chi connectivity index (χ0v) is 14.6. The van der Waals surface area contributed by atoms with E-state index in [0.29, 0.717) is 6.29 Å². The summed E-state index contributed by atoms with van der Waals surface area (Å²) in [5.41, 5.74) is 0.290. The van der Waals surface area contributed by atoms with Crippen molar-refractivity contribution >= 4 is 24.0 Å². The summed E-state index contributed by atoms with van der Waals surface area (Å²) in [6, 6.07) is 1.26. The first-order valence-electron chi connectivity index (χ1n) is 8.48. The first-order valence-corrected chi connectivity index (χ1v) is 8.85. The van der Waals surface area contributed by atoms with Crippen LogP contribution in [0.1, 0.15) is 80.6 Å². The number of carbonyl (C=O) groups excluding carboxylic acids is 1. The van der Waals surface area contributed by atoms with Gasteiger partial charge in [0.1, 0.15) is 11.5 Å². The van der Waals surface area contributed by atoms with Gasteiger partial charge in [-0.2, -0.15) is 0 Å². The van der Waals surface area contributed by atoms with E-state index in [1.165, 1.54) is 51.0 Å². The number of hydrogen-bond donors (Lipinski definition) is 2. The third-order valence-electron chi connectivity index (χ3n) is 3.93. The number of aromatic hydroxyl groups is 2. The van der Waals surface area contributed by atoms with Gasteiger partial charge in [0.15, 0.2) is 6.29 Å². The molecule has 1 aromatic rings. The standard InChI is InChI=1S/C19H27ClO3/c1-2-3-4-5-6-7-8-9-10-11-12-16-18(22)15(14-21)13-17(20)19(16)23/h11-14,22-23H,2-10H2,1H3. The Morgan fingerprint density at radius 3 is 2.22 bits per heavy atom. The molecule has 0 aliphatic heterocycles. The molecule has 0 fully saturated rings. The number of benzene rings is 1. The quantitative estimate of drug-likeness (QED) is 0.378. The maximum Gasteiger partial charge on any atom is 0.153 e. The minimum atomic E-state index is -0.228. The van der Waals surface area contributed by atoms with Crippen molar-refractivity contribution < 1.29 is 15.0 Å². The zero-order chi connectivity index (χ0) is 17.1. The Hall–Kier alpha value is -1.48. The van der Waals surface area contributed by atoms with Crippen molar-refractivity contribution in [1.29, 1.82) is 0 Å². The molecular weight excluding hydrogens is 312 g/mol. The molecule has 23 heavy (non-hydrogen) atoms. The van der Waals surface area contributed by atoms with E-state index in [2.05, 4.69) is 6.92 Å². The van der Waals surface area contributed by atoms with Gasteiger partial charge in [0.25, 0.3) is 0 Å². The summed E-state index contributed by atoms with van der Waals surface area (Å²) in [7, 11) is 0. The van der Waals surface area contributed by atoms with Crippen molar-refractivity contribution in [2.45, 2.75) is 64.7 Å². The van der Waals surface area contributed by atoms with Gasteiger partial charge in [-0.15, -0.1) is 0 Å². The Balaban J connectivity index is 2.38. The minimum Gasteiger partial charge on any atom is -0.506 e. The van der Waals surface area contributed by atoms with Crippen molar-refractivity contribution in [1.82, 2.24) is 0 Å². The highest BCUT2D eigenvalue weighted by Gasteiger charge is 2.13. The van der Waals surface area contributed by atoms with E-state index in [-0.39, 0.29) is 27.6 Å². The normalized spacial score (nSPS) is 11.2. The molecule has 0 saturated heterocycles. The van der Waals surface area contributed by atoms with E-state index in [0.717, 1.165) is 12.8 Å².